The van der Waals surface area contributed by atoms with Crippen molar-refractivity contribution in [2.45, 2.75) is 39.5 Å². The first-order valence-corrected chi connectivity index (χ1v) is 10.1. The summed E-state index contributed by atoms with van der Waals surface area (Å²) in [5.74, 6) is -0.160. The second-order valence-electron chi connectivity index (χ2n) is 5.86. The lowest BCUT2D eigenvalue weighted by atomic mass is 10.00. The number of piperidine rings is 1. The van der Waals surface area contributed by atoms with E-state index in [1.165, 1.54) is 11.3 Å². The van der Waals surface area contributed by atoms with Crippen molar-refractivity contribution >= 4 is 27.3 Å². The number of thiazole rings is 1. The zero-order valence-electron chi connectivity index (χ0n) is 13.0. The third-order valence-electron chi connectivity index (χ3n) is 3.77. The van der Waals surface area contributed by atoms with Crippen LogP contribution in [-0.4, -0.2) is 43.1 Å². The van der Waals surface area contributed by atoms with Crippen LogP contribution in [0.4, 0.5) is 0 Å². The minimum atomic E-state index is -3.50. The summed E-state index contributed by atoms with van der Waals surface area (Å²) in [5.41, 5.74) is 0.770. The summed E-state index contributed by atoms with van der Waals surface area (Å²) in [5, 5.41) is 6.11. The average molecular weight is 345 g/mol. The molecule has 1 amide bonds. The molecule has 0 unspecified atom stereocenters. The van der Waals surface area contributed by atoms with Crippen molar-refractivity contribution in [1.29, 1.82) is 0 Å². The molecule has 1 aliphatic rings. The number of nitrogens with two attached hydrogens (primary N) is 1. The molecule has 6 nitrogen and oxygen atoms in total. The Bertz CT molecular complexity index is 640. The van der Waals surface area contributed by atoms with E-state index >= 15 is 0 Å². The zero-order chi connectivity index (χ0) is 16.3. The predicted octanol–water partition coefficient (Wildman–Crippen LogP) is 1.54. The number of amides is 1. The largest absolute Gasteiger partial charge is 0.338 e. The van der Waals surface area contributed by atoms with Crippen molar-refractivity contribution in [3.8, 4) is 0 Å². The molecule has 2 heterocycles. The van der Waals surface area contributed by atoms with Gasteiger partial charge >= 0.3 is 0 Å². The Hall–Kier alpha value is -0.990. The third-order valence-corrected chi connectivity index (χ3v) is 5.91. The van der Waals surface area contributed by atoms with E-state index in [1.807, 2.05) is 6.92 Å². The molecule has 1 saturated heterocycles. The van der Waals surface area contributed by atoms with Crippen LogP contribution in [0.1, 0.15) is 46.6 Å². The van der Waals surface area contributed by atoms with Crippen molar-refractivity contribution in [2.24, 2.45) is 11.1 Å². The monoisotopic (exact) mass is 345 g/mol. The number of aryl methyl sites for hydroxylation is 2. The highest BCUT2D eigenvalue weighted by Crippen LogP contribution is 2.24. The van der Waals surface area contributed by atoms with E-state index in [9.17, 15) is 13.2 Å². The van der Waals surface area contributed by atoms with Crippen molar-refractivity contribution in [3.05, 3.63) is 15.6 Å². The van der Waals surface area contributed by atoms with Gasteiger partial charge in [0.15, 0.2) is 0 Å². The number of hydrogen-bond acceptors (Lipinski definition) is 5. The number of sulfonamides is 1. The van der Waals surface area contributed by atoms with Gasteiger partial charge < -0.3 is 4.90 Å². The second-order valence-corrected chi connectivity index (χ2v) is 8.60. The predicted molar refractivity (Wildman–Crippen MR) is 87.4 cm³/mol. The maximum absolute atomic E-state index is 12.7. The van der Waals surface area contributed by atoms with Gasteiger partial charge in [-0.05, 0) is 38.5 Å². The van der Waals surface area contributed by atoms with E-state index in [1.54, 1.807) is 4.90 Å². The van der Waals surface area contributed by atoms with Gasteiger partial charge in [0.25, 0.3) is 5.91 Å². The second kappa shape index (κ2) is 7.06. The standard InChI is InChI=1S/C14H23N3O3S2/c1-3-5-12-16-10(2)13(21-12)14(18)17-7-4-6-11(8-17)9-22(15,19)20/h11H,3-9H2,1-2H3,(H2,15,19,20)/t11-/m1/s1. The molecule has 1 aliphatic heterocycles. The first-order valence-electron chi connectivity index (χ1n) is 7.56. The van der Waals surface area contributed by atoms with Gasteiger partial charge in [0.05, 0.1) is 16.5 Å². The first-order chi connectivity index (χ1) is 10.3. The maximum Gasteiger partial charge on any atom is 0.265 e. The van der Waals surface area contributed by atoms with Crippen LogP contribution in [0.3, 0.4) is 0 Å². The van der Waals surface area contributed by atoms with Crippen LogP contribution in [0.5, 0.6) is 0 Å². The Kier molecular flexibility index (Phi) is 5.57. The van der Waals surface area contributed by atoms with Crippen molar-refractivity contribution in [1.82, 2.24) is 9.88 Å². The van der Waals surface area contributed by atoms with Gasteiger partial charge in [-0.15, -0.1) is 11.3 Å². The number of rotatable bonds is 5. The smallest absolute Gasteiger partial charge is 0.265 e. The zero-order valence-corrected chi connectivity index (χ0v) is 14.7. The van der Waals surface area contributed by atoms with Gasteiger partial charge in [-0.25, -0.2) is 18.5 Å². The van der Waals surface area contributed by atoms with E-state index < -0.39 is 10.0 Å². The lowest BCUT2D eigenvalue weighted by Gasteiger charge is -2.32. The van der Waals surface area contributed by atoms with Gasteiger partial charge in [-0.3, -0.25) is 4.79 Å². The fourth-order valence-electron chi connectivity index (χ4n) is 2.83. The summed E-state index contributed by atoms with van der Waals surface area (Å²) in [6, 6.07) is 0. The molecule has 1 atom stereocenters. The van der Waals surface area contributed by atoms with Crippen LogP contribution >= 0.6 is 11.3 Å². The summed E-state index contributed by atoms with van der Waals surface area (Å²) in [4.78, 5) is 19.5. The van der Waals surface area contributed by atoms with Crippen LogP contribution in [0, 0.1) is 12.8 Å². The molecule has 0 bridgehead atoms. The molecule has 0 radical (unpaired) electrons. The highest BCUT2D eigenvalue weighted by Gasteiger charge is 2.28. The number of aromatic nitrogens is 1. The minimum absolute atomic E-state index is 0.0310. The van der Waals surface area contributed by atoms with Crippen LogP contribution in [0.25, 0.3) is 0 Å². The Balaban J connectivity index is 2.08. The molecule has 0 spiro atoms. The summed E-state index contributed by atoms with van der Waals surface area (Å²) in [7, 11) is -3.50. The Morgan fingerprint density at radius 3 is 2.86 bits per heavy atom. The topological polar surface area (TPSA) is 93.4 Å². The lowest BCUT2D eigenvalue weighted by Crippen LogP contribution is -2.42. The summed E-state index contributed by atoms with van der Waals surface area (Å²) in [6.45, 7) is 5.06. The van der Waals surface area contributed by atoms with Gasteiger partial charge in [-0.1, -0.05) is 6.92 Å². The highest BCUT2D eigenvalue weighted by atomic mass is 32.2. The van der Waals surface area contributed by atoms with E-state index in [4.69, 9.17) is 5.14 Å². The van der Waals surface area contributed by atoms with Crippen LogP contribution in [0.2, 0.25) is 0 Å². The normalized spacial score (nSPS) is 19.4. The highest BCUT2D eigenvalue weighted by molar-refractivity contribution is 7.89. The number of primary sulfonamides is 1. The molecular weight excluding hydrogens is 322 g/mol. The van der Waals surface area contributed by atoms with Gasteiger partial charge in [-0.2, -0.15) is 0 Å². The van der Waals surface area contributed by atoms with Crippen molar-refractivity contribution in [2.75, 3.05) is 18.8 Å². The maximum atomic E-state index is 12.7. The fourth-order valence-corrected chi connectivity index (χ4v) is 4.89. The molecule has 124 valence electrons. The molecule has 2 N–H and O–H groups in total. The van der Waals surface area contributed by atoms with E-state index in [2.05, 4.69) is 11.9 Å². The van der Waals surface area contributed by atoms with Crippen molar-refractivity contribution in [3.63, 3.8) is 0 Å². The van der Waals surface area contributed by atoms with Gasteiger partial charge in [0.1, 0.15) is 4.88 Å². The molecule has 0 aliphatic carbocycles. The van der Waals surface area contributed by atoms with E-state index in [-0.39, 0.29) is 17.6 Å². The fraction of sp³-hybridized carbons (Fsp3) is 0.714. The molecule has 0 saturated carbocycles. The number of carbonyl (C=O) groups is 1. The molecule has 2 rings (SSSR count). The number of carbonyl (C=O) groups excluding carboxylic acids is 1. The SMILES string of the molecule is CCCc1nc(C)c(C(=O)N2CCC[C@@H](CS(N)(=O)=O)C2)s1. The molecule has 1 aromatic rings. The molecule has 1 fully saturated rings. The molecule has 22 heavy (non-hydrogen) atoms. The first kappa shape index (κ1) is 17.4. The third kappa shape index (κ3) is 4.50. The van der Waals surface area contributed by atoms with Crippen LogP contribution < -0.4 is 5.14 Å². The Morgan fingerprint density at radius 2 is 2.23 bits per heavy atom. The van der Waals surface area contributed by atoms with Crippen molar-refractivity contribution < 1.29 is 13.2 Å². The summed E-state index contributed by atoms with van der Waals surface area (Å²) < 4.78 is 22.5. The van der Waals surface area contributed by atoms with E-state index in [0.29, 0.717) is 18.0 Å². The lowest BCUT2D eigenvalue weighted by molar-refractivity contribution is 0.0688. The van der Waals surface area contributed by atoms with Gasteiger partial charge in [0.2, 0.25) is 10.0 Å². The summed E-state index contributed by atoms with van der Waals surface area (Å²) in [6.07, 6.45) is 3.49. The molecular formula is C14H23N3O3S2. The van der Waals surface area contributed by atoms with Gasteiger partial charge in [0, 0.05) is 13.1 Å². The number of hydrogen-bond donors (Lipinski definition) is 1. The van der Waals surface area contributed by atoms with E-state index in [0.717, 1.165) is 36.4 Å². The molecule has 0 aromatic carbocycles. The number of likely N-dealkylation sites (tertiary alicyclic amines) is 1. The summed E-state index contributed by atoms with van der Waals surface area (Å²) >= 11 is 1.45. The minimum Gasteiger partial charge on any atom is -0.338 e. The van der Waals surface area contributed by atoms with Crippen LogP contribution in [0.15, 0.2) is 0 Å². The van der Waals surface area contributed by atoms with Crippen LogP contribution in [-0.2, 0) is 16.4 Å². The molecule has 1 aromatic heterocycles. The average Bonchev–Trinajstić information content (AvgIpc) is 2.77. The quantitative estimate of drug-likeness (QED) is 0.876. The Morgan fingerprint density at radius 1 is 1.50 bits per heavy atom. The molecule has 8 heteroatoms. The number of nitrogens with zero attached hydrogens (tertiary/aromatic N) is 2. The Labute approximate surface area is 135 Å².